The summed E-state index contributed by atoms with van der Waals surface area (Å²) in [6, 6.07) is 13.9. The molecule has 2 aromatic rings. The van der Waals surface area contributed by atoms with Gasteiger partial charge < -0.3 is 9.47 Å². The van der Waals surface area contributed by atoms with Crippen LogP contribution in [0.25, 0.3) is 0 Å². The van der Waals surface area contributed by atoms with Crippen molar-refractivity contribution >= 4 is 19.7 Å². The van der Waals surface area contributed by atoms with Crippen LogP contribution in [0, 0.1) is 0 Å². The summed E-state index contributed by atoms with van der Waals surface area (Å²) in [6.45, 7) is 0.329. The number of methoxy groups -OCH3 is 1. The van der Waals surface area contributed by atoms with Crippen molar-refractivity contribution in [1.82, 2.24) is 0 Å². The standard InChI is InChI=1S/C14H13ClO4S/c1-18-12-7-13(9-14(8-12)20(15,16)17)19-10-11-5-3-2-4-6-11/h2-9H,10H2,1H3. The number of halogens is 1. The Bertz CT molecular complexity index is 684. The van der Waals surface area contributed by atoms with Gasteiger partial charge in [-0.2, -0.15) is 0 Å². The minimum absolute atomic E-state index is 0.0541. The molecule has 0 radical (unpaired) electrons. The second kappa shape index (κ2) is 6.15. The average molecular weight is 313 g/mol. The van der Waals surface area contributed by atoms with Gasteiger partial charge in [-0.05, 0) is 5.56 Å². The van der Waals surface area contributed by atoms with E-state index in [1.807, 2.05) is 30.3 Å². The quantitative estimate of drug-likeness (QED) is 0.796. The molecular formula is C14H13ClO4S. The summed E-state index contributed by atoms with van der Waals surface area (Å²) in [5, 5.41) is 0. The molecule has 0 amide bonds. The molecule has 0 fully saturated rings. The minimum atomic E-state index is -3.83. The first-order chi connectivity index (χ1) is 9.49. The fraction of sp³-hybridized carbons (Fsp3) is 0.143. The van der Waals surface area contributed by atoms with Gasteiger partial charge >= 0.3 is 0 Å². The number of ether oxygens (including phenoxy) is 2. The van der Waals surface area contributed by atoms with Crippen molar-refractivity contribution in [3.63, 3.8) is 0 Å². The topological polar surface area (TPSA) is 52.6 Å². The lowest BCUT2D eigenvalue weighted by Gasteiger charge is -2.09. The molecule has 2 aromatic carbocycles. The second-order valence-corrected chi connectivity index (χ2v) is 6.62. The molecule has 0 aliphatic heterocycles. The molecule has 0 atom stereocenters. The molecule has 6 heteroatoms. The third-order valence-corrected chi connectivity index (χ3v) is 3.95. The van der Waals surface area contributed by atoms with Gasteiger partial charge in [0.2, 0.25) is 0 Å². The zero-order valence-corrected chi connectivity index (χ0v) is 12.3. The van der Waals surface area contributed by atoms with E-state index in [4.69, 9.17) is 20.2 Å². The maximum Gasteiger partial charge on any atom is 0.261 e. The van der Waals surface area contributed by atoms with Crippen molar-refractivity contribution in [3.8, 4) is 11.5 Å². The van der Waals surface area contributed by atoms with Crippen molar-refractivity contribution in [3.05, 3.63) is 54.1 Å². The predicted molar refractivity (Wildman–Crippen MR) is 76.8 cm³/mol. The average Bonchev–Trinajstić information content (AvgIpc) is 2.45. The van der Waals surface area contributed by atoms with E-state index in [2.05, 4.69) is 0 Å². The Hall–Kier alpha value is -1.72. The van der Waals surface area contributed by atoms with Crippen LogP contribution in [-0.4, -0.2) is 15.5 Å². The summed E-state index contributed by atoms with van der Waals surface area (Å²) in [6.07, 6.45) is 0. The number of hydrogen-bond acceptors (Lipinski definition) is 4. The third-order valence-electron chi connectivity index (χ3n) is 2.62. The summed E-state index contributed by atoms with van der Waals surface area (Å²) >= 11 is 0. The van der Waals surface area contributed by atoms with Crippen molar-refractivity contribution in [2.75, 3.05) is 7.11 Å². The van der Waals surface area contributed by atoms with Gasteiger partial charge in [-0.1, -0.05) is 30.3 Å². The molecule has 0 spiro atoms. The van der Waals surface area contributed by atoms with Gasteiger partial charge in [-0.25, -0.2) is 8.42 Å². The molecule has 0 saturated heterocycles. The van der Waals surface area contributed by atoms with E-state index in [-0.39, 0.29) is 4.90 Å². The minimum Gasteiger partial charge on any atom is -0.497 e. The van der Waals surface area contributed by atoms with E-state index in [1.165, 1.54) is 19.2 Å². The van der Waals surface area contributed by atoms with Crippen molar-refractivity contribution in [2.24, 2.45) is 0 Å². The van der Waals surface area contributed by atoms with Crippen molar-refractivity contribution in [2.45, 2.75) is 11.5 Å². The molecular weight excluding hydrogens is 300 g/mol. The molecule has 0 aliphatic rings. The van der Waals surface area contributed by atoms with E-state index in [0.717, 1.165) is 5.56 Å². The Balaban J connectivity index is 2.23. The van der Waals surface area contributed by atoms with Gasteiger partial charge in [0.05, 0.1) is 12.0 Å². The highest BCUT2D eigenvalue weighted by Gasteiger charge is 2.13. The lowest BCUT2D eigenvalue weighted by atomic mass is 10.2. The molecule has 0 bridgehead atoms. The predicted octanol–water partition coefficient (Wildman–Crippen LogP) is 3.20. The summed E-state index contributed by atoms with van der Waals surface area (Å²) < 4.78 is 33.4. The Kier molecular flexibility index (Phi) is 4.52. The maximum atomic E-state index is 11.4. The van der Waals surface area contributed by atoms with Crippen molar-refractivity contribution < 1.29 is 17.9 Å². The van der Waals surface area contributed by atoms with E-state index in [1.54, 1.807) is 6.07 Å². The Labute approximate surface area is 122 Å². The molecule has 20 heavy (non-hydrogen) atoms. The molecule has 4 nitrogen and oxygen atoms in total. The van der Waals surface area contributed by atoms with Gasteiger partial charge in [-0.3, -0.25) is 0 Å². The van der Waals surface area contributed by atoms with Crippen molar-refractivity contribution in [1.29, 1.82) is 0 Å². The van der Waals surface area contributed by atoms with E-state index in [0.29, 0.717) is 18.1 Å². The third kappa shape index (κ3) is 3.88. The van der Waals surface area contributed by atoms with Crippen LogP contribution in [0.2, 0.25) is 0 Å². The van der Waals surface area contributed by atoms with E-state index in [9.17, 15) is 8.42 Å². The summed E-state index contributed by atoms with van der Waals surface area (Å²) in [4.78, 5) is -0.0541. The van der Waals surface area contributed by atoms with Crippen LogP contribution in [0.4, 0.5) is 0 Å². The van der Waals surface area contributed by atoms with Crippen LogP contribution >= 0.6 is 10.7 Å². The van der Waals surface area contributed by atoms with Gasteiger partial charge in [0.1, 0.15) is 18.1 Å². The summed E-state index contributed by atoms with van der Waals surface area (Å²) in [5.74, 6) is 0.752. The largest absolute Gasteiger partial charge is 0.497 e. The number of rotatable bonds is 5. The van der Waals surface area contributed by atoms with Crippen LogP contribution in [0.15, 0.2) is 53.4 Å². The molecule has 0 unspecified atom stereocenters. The fourth-order valence-corrected chi connectivity index (χ4v) is 2.41. The highest BCUT2D eigenvalue weighted by Crippen LogP contribution is 2.28. The Morgan fingerprint density at radius 2 is 1.70 bits per heavy atom. The molecule has 0 N–H and O–H groups in total. The van der Waals surface area contributed by atoms with Crippen LogP contribution in [0.1, 0.15) is 5.56 Å². The zero-order valence-electron chi connectivity index (χ0n) is 10.7. The SMILES string of the molecule is COc1cc(OCc2ccccc2)cc(S(=O)(=O)Cl)c1. The smallest absolute Gasteiger partial charge is 0.261 e. The van der Waals surface area contributed by atoms with Gasteiger partial charge in [-0.15, -0.1) is 0 Å². The monoisotopic (exact) mass is 312 g/mol. The first-order valence-corrected chi connectivity index (χ1v) is 8.10. The highest BCUT2D eigenvalue weighted by molar-refractivity contribution is 8.13. The fourth-order valence-electron chi connectivity index (χ4n) is 1.63. The zero-order chi connectivity index (χ0) is 14.6. The van der Waals surface area contributed by atoms with Gasteiger partial charge in [0, 0.05) is 28.9 Å². The van der Waals surface area contributed by atoms with Crippen LogP contribution in [-0.2, 0) is 15.7 Å². The second-order valence-electron chi connectivity index (χ2n) is 4.06. The van der Waals surface area contributed by atoms with Crippen LogP contribution in [0.5, 0.6) is 11.5 Å². The normalized spacial score (nSPS) is 11.1. The highest BCUT2D eigenvalue weighted by atomic mass is 35.7. The number of hydrogen-bond donors (Lipinski definition) is 0. The van der Waals surface area contributed by atoms with E-state index < -0.39 is 9.05 Å². The maximum absolute atomic E-state index is 11.4. The summed E-state index contributed by atoms with van der Waals surface area (Å²) in [5.41, 5.74) is 0.977. The van der Waals surface area contributed by atoms with Crippen LogP contribution in [0.3, 0.4) is 0 Å². The van der Waals surface area contributed by atoms with Gasteiger partial charge in [0.15, 0.2) is 0 Å². The molecule has 0 aromatic heterocycles. The Morgan fingerprint density at radius 3 is 2.30 bits per heavy atom. The summed E-state index contributed by atoms with van der Waals surface area (Å²) in [7, 11) is 2.95. The first-order valence-electron chi connectivity index (χ1n) is 5.79. The number of benzene rings is 2. The lowest BCUT2D eigenvalue weighted by molar-refractivity contribution is 0.302. The van der Waals surface area contributed by atoms with Gasteiger partial charge in [0.25, 0.3) is 9.05 Å². The Morgan fingerprint density at radius 1 is 1.05 bits per heavy atom. The molecule has 0 aliphatic carbocycles. The lowest BCUT2D eigenvalue weighted by Crippen LogP contribution is -1.98. The van der Waals surface area contributed by atoms with E-state index >= 15 is 0 Å². The molecule has 0 heterocycles. The van der Waals surface area contributed by atoms with Crippen LogP contribution < -0.4 is 9.47 Å². The molecule has 0 saturated carbocycles. The molecule has 106 valence electrons. The molecule has 2 rings (SSSR count). The first kappa shape index (κ1) is 14.7.